The maximum absolute atomic E-state index is 5.70. The number of fused-ring (bicyclic) bond motifs is 1. The van der Waals surface area contributed by atoms with E-state index in [0.29, 0.717) is 0 Å². The minimum Gasteiger partial charge on any atom is -0.376 e. The Kier molecular flexibility index (Phi) is 5.27. The maximum Gasteiger partial charge on any atom is 0.0821 e. The van der Waals surface area contributed by atoms with Gasteiger partial charge in [-0.2, -0.15) is 5.10 Å². The van der Waals surface area contributed by atoms with Crippen molar-refractivity contribution in [2.45, 2.75) is 51.2 Å². The van der Waals surface area contributed by atoms with E-state index in [9.17, 15) is 0 Å². The minimum atomic E-state index is 0.262. The van der Waals surface area contributed by atoms with E-state index in [1.807, 2.05) is 0 Å². The highest BCUT2D eigenvalue weighted by Gasteiger charge is 2.18. The average Bonchev–Trinajstić information content (AvgIpc) is 2.74. The highest BCUT2D eigenvalue weighted by atomic mass is 16.6. The molecule has 5 heteroatoms. The molecule has 0 bridgehead atoms. The lowest BCUT2D eigenvalue weighted by Crippen LogP contribution is -2.32. The first-order chi connectivity index (χ1) is 10.3. The van der Waals surface area contributed by atoms with Crippen LogP contribution in [0.3, 0.4) is 0 Å². The standard InChI is InChI=1S/C16H27N3O2/c1-19(8-7-13-12-20-9-10-21-13)11-16-14-5-3-2-4-6-15(14)17-18-16/h13H,2-12H2,1H3,(H,17,18). The number of aryl methyl sites for hydroxylation is 1. The zero-order valence-corrected chi connectivity index (χ0v) is 13.1. The van der Waals surface area contributed by atoms with E-state index in [4.69, 9.17) is 9.47 Å². The molecule has 3 rings (SSSR count). The van der Waals surface area contributed by atoms with Crippen molar-refractivity contribution in [2.24, 2.45) is 0 Å². The van der Waals surface area contributed by atoms with Crippen molar-refractivity contribution < 1.29 is 9.47 Å². The molecule has 0 spiro atoms. The predicted molar refractivity (Wildman–Crippen MR) is 81.4 cm³/mol. The van der Waals surface area contributed by atoms with Gasteiger partial charge in [0, 0.05) is 18.8 Å². The Balaban J connectivity index is 1.50. The van der Waals surface area contributed by atoms with E-state index in [2.05, 4.69) is 22.1 Å². The average molecular weight is 293 g/mol. The number of rotatable bonds is 5. The van der Waals surface area contributed by atoms with Crippen LogP contribution in [0.15, 0.2) is 0 Å². The number of ether oxygens (including phenoxy) is 2. The molecule has 1 N–H and O–H groups in total. The summed E-state index contributed by atoms with van der Waals surface area (Å²) in [6.07, 6.45) is 7.59. The number of nitrogens with zero attached hydrogens (tertiary/aromatic N) is 2. The summed E-state index contributed by atoms with van der Waals surface area (Å²) in [6.45, 7) is 4.17. The van der Waals surface area contributed by atoms with Gasteiger partial charge in [0.05, 0.1) is 31.6 Å². The summed E-state index contributed by atoms with van der Waals surface area (Å²) in [6, 6.07) is 0. The van der Waals surface area contributed by atoms with Crippen LogP contribution in [0.2, 0.25) is 0 Å². The molecule has 2 heterocycles. The normalized spacial score (nSPS) is 23.0. The van der Waals surface area contributed by atoms with Crippen LogP contribution in [-0.2, 0) is 28.9 Å². The Morgan fingerprint density at radius 1 is 1.24 bits per heavy atom. The van der Waals surface area contributed by atoms with Gasteiger partial charge in [0.2, 0.25) is 0 Å². The van der Waals surface area contributed by atoms with Gasteiger partial charge in [-0.15, -0.1) is 0 Å². The first-order valence-electron chi connectivity index (χ1n) is 8.26. The Hall–Kier alpha value is -0.910. The van der Waals surface area contributed by atoms with E-state index in [1.165, 1.54) is 49.1 Å². The van der Waals surface area contributed by atoms with Gasteiger partial charge in [0.15, 0.2) is 0 Å². The van der Waals surface area contributed by atoms with Crippen LogP contribution < -0.4 is 0 Å². The SMILES string of the molecule is CN(CCC1COCCO1)Cc1n[nH]c2c1CCCCC2. The zero-order valence-electron chi connectivity index (χ0n) is 13.1. The van der Waals surface area contributed by atoms with Crippen molar-refractivity contribution in [1.82, 2.24) is 15.1 Å². The molecule has 0 radical (unpaired) electrons. The van der Waals surface area contributed by atoms with Crippen LogP contribution in [0.25, 0.3) is 0 Å². The summed E-state index contributed by atoms with van der Waals surface area (Å²) in [5.74, 6) is 0. The van der Waals surface area contributed by atoms with Gasteiger partial charge in [0.25, 0.3) is 0 Å². The van der Waals surface area contributed by atoms with Gasteiger partial charge in [0.1, 0.15) is 0 Å². The first kappa shape index (κ1) is 15.0. The fraction of sp³-hybridized carbons (Fsp3) is 0.812. The lowest BCUT2D eigenvalue weighted by atomic mass is 10.1. The highest BCUT2D eigenvalue weighted by Crippen LogP contribution is 2.22. The molecule has 1 aliphatic heterocycles. The summed E-state index contributed by atoms with van der Waals surface area (Å²) >= 11 is 0. The summed E-state index contributed by atoms with van der Waals surface area (Å²) in [5, 5.41) is 7.81. The Morgan fingerprint density at radius 2 is 2.14 bits per heavy atom. The summed E-state index contributed by atoms with van der Waals surface area (Å²) in [4.78, 5) is 2.35. The fourth-order valence-corrected chi connectivity index (χ4v) is 3.26. The van der Waals surface area contributed by atoms with Gasteiger partial charge in [-0.3, -0.25) is 5.10 Å². The van der Waals surface area contributed by atoms with Gasteiger partial charge in [-0.05, 0) is 44.7 Å². The monoisotopic (exact) mass is 293 g/mol. The number of nitrogens with one attached hydrogen (secondary N) is 1. The maximum atomic E-state index is 5.70. The van der Waals surface area contributed by atoms with Gasteiger partial charge in [-0.25, -0.2) is 0 Å². The number of hydrogen-bond acceptors (Lipinski definition) is 4. The summed E-state index contributed by atoms with van der Waals surface area (Å²) in [5.41, 5.74) is 4.10. The second-order valence-corrected chi connectivity index (χ2v) is 6.28. The van der Waals surface area contributed by atoms with E-state index in [0.717, 1.165) is 39.3 Å². The lowest BCUT2D eigenvalue weighted by Gasteiger charge is -2.25. The van der Waals surface area contributed by atoms with Gasteiger partial charge in [-0.1, -0.05) is 6.42 Å². The zero-order chi connectivity index (χ0) is 14.5. The second-order valence-electron chi connectivity index (χ2n) is 6.28. The Labute approximate surface area is 127 Å². The molecule has 1 aromatic heterocycles. The number of aromatic amines is 1. The van der Waals surface area contributed by atoms with Gasteiger partial charge < -0.3 is 14.4 Å². The molecular weight excluding hydrogens is 266 g/mol. The van der Waals surface area contributed by atoms with Crippen LogP contribution >= 0.6 is 0 Å². The van der Waals surface area contributed by atoms with Crippen molar-refractivity contribution in [3.8, 4) is 0 Å². The van der Waals surface area contributed by atoms with Crippen molar-refractivity contribution in [3.05, 3.63) is 17.0 Å². The topological polar surface area (TPSA) is 50.4 Å². The van der Waals surface area contributed by atoms with Crippen molar-refractivity contribution in [2.75, 3.05) is 33.4 Å². The first-order valence-corrected chi connectivity index (χ1v) is 8.26. The molecule has 1 atom stereocenters. The van der Waals surface area contributed by atoms with Crippen LogP contribution in [0.4, 0.5) is 0 Å². The smallest absolute Gasteiger partial charge is 0.0821 e. The van der Waals surface area contributed by atoms with Crippen molar-refractivity contribution >= 4 is 0 Å². The van der Waals surface area contributed by atoms with E-state index >= 15 is 0 Å². The number of aromatic nitrogens is 2. The molecule has 0 amide bonds. The van der Waals surface area contributed by atoms with Crippen LogP contribution in [0.1, 0.15) is 42.6 Å². The Morgan fingerprint density at radius 3 is 3.00 bits per heavy atom. The molecule has 0 saturated carbocycles. The third kappa shape index (κ3) is 4.05. The largest absolute Gasteiger partial charge is 0.376 e. The van der Waals surface area contributed by atoms with E-state index in [1.54, 1.807) is 0 Å². The molecule has 1 fully saturated rings. The molecular formula is C16H27N3O2. The molecule has 0 aromatic carbocycles. The minimum absolute atomic E-state index is 0.262. The summed E-state index contributed by atoms with van der Waals surface area (Å²) in [7, 11) is 2.17. The van der Waals surface area contributed by atoms with Gasteiger partial charge >= 0.3 is 0 Å². The van der Waals surface area contributed by atoms with Crippen LogP contribution in [0.5, 0.6) is 0 Å². The molecule has 118 valence electrons. The van der Waals surface area contributed by atoms with Crippen molar-refractivity contribution in [1.29, 1.82) is 0 Å². The second kappa shape index (κ2) is 7.38. The third-order valence-corrected chi connectivity index (χ3v) is 4.53. The van der Waals surface area contributed by atoms with E-state index < -0.39 is 0 Å². The molecule has 1 aromatic rings. The van der Waals surface area contributed by atoms with Crippen LogP contribution in [-0.4, -0.2) is 54.6 Å². The third-order valence-electron chi connectivity index (χ3n) is 4.53. The summed E-state index contributed by atoms with van der Waals surface area (Å²) < 4.78 is 11.1. The Bertz CT molecular complexity index is 441. The molecule has 1 unspecified atom stereocenters. The molecule has 21 heavy (non-hydrogen) atoms. The fourth-order valence-electron chi connectivity index (χ4n) is 3.26. The lowest BCUT2D eigenvalue weighted by molar-refractivity contribution is -0.0924. The predicted octanol–water partition coefficient (Wildman–Crippen LogP) is 1.92. The number of H-pyrrole nitrogens is 1. The molecule has 5 nitrogen and oxygen atoms in total. The number of hydrogen-bond donors (Lipinski definition) is 1. The molecule has 1 saturated heterocycles. The van der Waals surface area contributed by atoms with Crippen molar-refractivity contribution in [3.63, 3.8) is 0 Å². The van der Waals surface area contributed by atoms with E-state index in [-0.39, 0.29) is 6.10 Å². The quantitative estimate of drug-likeness (QED) is 0.843. The molecule has 2 aliphatic rings. The highest BCUT2D eigenvalue weighted by molar-refractivity contribution is 5.26. The van der Waals surface area contributed by atoms with Crippen LogP contribution in [0, 0.1) is 0 Å². The molecule has 1 aliphatic carbocycles.